The van der Waals surface area contributed by atoms with E-state index in [0.717, 1.165) is 11.3 Å². The Morgan fingerprint density at radius 3 is 2.65 bits per heavy atom. The second-order valence-electron chi connectivity index (χ2n) is 4.98. The molecule has 2 heterocycles. The number of fused-ring (bicyclic) bond motifs is 1. The third kappa shape index (κ3) is 3.09. The topological polar surface area (TPSA) is 84.3 Å². The maximum Gasteiger partial charge on any atom is 0.356 e. The number of aromatic carboxylic acids is 1. The van der Waals surface area contributed by atoms with Crippen molar-refractivity contribution < 1.29 is 14.6 Å². The Morgan fingerprint density at radius 2 is 2.00 bits per heavy atom. The molecule has 0 radical (unpaired) electrons. The molecular formula is C16H15N3O3S. The highest BCUT2D eigenvalue weighted by Crippen LogP contribution is 2.25. The van der Waals surface area contributed by atoms with Crippen LogP contribution >= 0.6 is 11.3 Å². The number of anilines is 1. The number of thiophene rings is 1. The summed E-state index contributed by atoms with van der Waals surface area (Å²) in [5, 5.41) is 14.3. The number of carboxylic acids is 1. The number of methoxy groups -OCH3 is 1. The summed E-state index contributed by atoms with van der Waals surface area (Å²) in [5.74, 6) is 0.0293. The molecule has 0 aliphatic heterocycles. The first-order valence-corrected chi connectivity index (χ1v) is 7.85. The van der Waals surface area contributed by atoms with Gasteiger partial charge in [-0.15, -0.1) is 11.3 Å². The summed E-state index contributed by atoms with van der Waals surface area (Å²) < 4.78 is 5.72. The Labute approximate surface area is 136 Å². The lowest BCUT2D eigenvalue weighted by Gasteiger charge is -2.15. The van der Waals surface area contributed by atoms with Crippen LogP contribution < -0.4 is 10.1 Å². The van der Waals surface area contributed by atoms with Crippen molar-refractivity contribution >= 4 is 33.5 Å². The fraction of sp³-hybridized carbons (Fsp3) is 0.188. The number of nitrogens with zero attached hydrogens (tertiary/aromatic N) is 2. The van der Waals surface area contributed by atoms with Gasteiger partial charge in [-0.3, -0.25) is 0 Å². The van der Waals surface area contributed by atoms with Gasteiger partial charge in [-0.2, -0.15) is 0 Å². The lowest BCUT2D eigenvalue weighted by Crippen LogP contribution is -2.12. The minimum Gasteiger partial charge on any atom is -0.497 e. The molecule has 0 saturated carbocycles. The molecule has 3 rings (SSSR count). The first kappa shape index (κ1) is 15.2. The van der Waals surface area contributed by atoms with Crippen molar-refractivity contribution in [3.05, 3.63) is 47.0 Å². The zero-order chi connectivity index (χ0) is 16.4. The molecule has 6 nitrogen and oxygen atoms in total. The standard InChI is InChI=1S/C16H15N3O3S/c1-9(10-3-5-11(22-2)6-4-10)17-16-18-12-7-8-23-14(12)13(19-16)15(20)21/h3-9H,1-2H3,(H,20,21)(H,17,18,19)/t9-/m1/s1. The van der Waals surface area contributed by atoms with Gasteiger partial charge in [0.1, 0.15) is 5.75 Å². The van der Waals surface area contributed by atoms with Crippen molar-refractivity contribution in [2.24, 2.45) is 0 Å². The number of rotatable bonds is 5. The van der Waals surface area contributed by atoms with Crippen LogP contribution in [0.4, 0.5) is 5.95 Å². The second-order valence-corrected chi connectivity index (χ2v) is 5.89. The minimum atomic E-state index is -1.06. The number of ether oxygens (including phenoxy) is 1. The third-order valence-electron chi connectivity index (χ3n) is 3.47. The maximum absolute atomic E-state index is 11.4. The molecule has 1 aromatic carbocycles. The molecule has 0 spiro atoms. The van der Waals surface area contributed by atoms with Gasteiger partial charge in [-0.05, 0) is 36.1 Å². The van der Waals surface area contributed by atoms with Gasteiger partial charge in [-0.25, -0.2) is 14.8 Å². The molecule has 3 aromatic rings. The number of hydrogen-bond acceptors (Lipinski definition) is 6. The number of benzene rings is 1. The van der Waals surface area contributed by atoms with E-state index in [2.05, 4.69) is 15.3 Å². The Hall–Kier alpha value is -2.67. The predicted octanol–water partition coefficient (Wildman–Crippen LogP) is 3.57. The molecule has 23 heavy (non-hydrogen) atoms. The van der Waals surface area contributed by atoms with Crippen LogP contribution in [-0.4, -0.2) is 28.2 Å². The van der Waals surface area contributed by atoms with Gasteiger partial charge in [-0.1, -0.05) is 12.1 Å². The average Bonchev–Trinajstić information content (AvgIpc) is 3.02. The van der Waals surface area contributed by atoms with Crippen LogP contribution in [0.3, 0.4) is 0 Å². The summed E-state index contributed by atoms with van der Waals surface area (Å²) in [6.07, 6.45) is 0. The third-order valence-corrected chi connectivity index (χ3v) is 4.38. The zero-order valence-electron chi connectivity index (χ0n) is 12.6. The van der Waals surface area contributed by atoms with Crippen molar-refractivity contribution in [1.29, 1.82) is 0 Å². The molecule has 0 amide bonds. The lowest BCUT2D eigenvalue weighted by atomic mass is 10.1. The largest absolute Gasteiger partial charge is 0.497 e. The molecule has 0 unspecified atom stereocenters. The van der Waals surface area contributed by atoms with E-state index in [1.54, 1.807) is 13.2 Å². The number of nitrogens with one attached hydrogen (secondary N) is 1. The van der Waals surface area contributed by atoms with E-state index in [0.29, 0.717) is 16.2 Å². The average molecular weight is 329 g/mol. The first-order valence-electron chi connectivity index (χ1n) is 6.97. The first-order chi connectivity index (χ1) is 11.1. The van der Waals surface area contributed by atoms with Crippen LogP contribution in [-0.2, 0) is 0 Å². The van der Waals surface area contributed by atoms with Gasteiger partial charge in [0.05, 0.1) is 23.4 Å². The lowest BCUT2D eigenvalue weighted by molar-refractivity contribution is 0.0693. The van der Waals surface area contributed by atoms with E-state index >= 15 is 0 Å². The minimum absolute atomic E-state index is 0.0226. The number of hydrogen-bond donors (Lipinski definition) is 2. The Balaban J connectivity index is 1.89. The molecule has 0 saturated heterocycles. The van der Waals surface area contributed by atoms with Crippen LogP contribution in [0.5, 0.6) is 5.75 Å². The van der Waals surface area contributed by atoms with E-state index in [-0.39, 0.29) is 11.7 Å². The van der Waals surface area contributed by atoms with Crippen molar-refractivity contribution in [3.8, 4) is 5.75 Å². The van der Waals surface area contributed by atoms with Crippen LogP contribution in [0.15, 0.2) is 35.7 Å². The van der Waals surface area contributed by atoms with E-state index in [4.69, 9.17) is 4.74 Å². The van der Waals surface area contributed by atoms with Gasteiger partial charge in [0, 0.05) is 0 Å². The Morgan fingerprint density at radius 1 is 1.26 bits per heavy atom. The molecule has 2 aromatic heterocycles. The molecule has 0 fully saturated rings. The monoisotopic (exact) mass is 329 g/mol. The molecule has 0 bridgehead atoms. The summed E-state index contributed by atoms with van der Waals surface area (Å²) in [5.41, 5.74) is 1.68. The summed E-state index contributed by atoms with van der Waals surface area (Å²) >= 11 is 1.32. The van der Waals surface area contributed by atoms with Gasteiger partial charge < -0.3 is 15.2 Å². The molecule has 7 heteroatoms. The molecule has 2 N–H and O–H groups in total. The zero-order valence-corrected chi connectivity index (χ0v) is 13.4. The van der Waals surface area contributed by atoms with Crippen molar-refractivity contribution in [1.82, 2.24) is 9.97 Å². The quantitative estimate of drug-likeness (QED) is 0.744. The van der Waals surface area contributed by atoms with E-state index < -0.39 is 5.97 Å². The van der Waals surface area contributed by atoms with E-state index in [1.807, 2.05) is 36.6 Å². The van der Waals surface area contributed by atoms with Crippen LogP contribution in [0.1, 0.15) is 29.0 Å². The van der Waals surface area contributed by atoms with E-state index in [1.165, 1.54) is 11.3 Å². The Bertz CT molecular complexity index is 845. The summed E-state index contributed by atoms with van der Waals surface area (Å²) in [6.45, 7) is 1.96. The van der Waals surface area contributed by atoms with Crippen molar-refractivity contribution in [2.45, 2.75) is 13.0 Å². The SMILES string of the molecule is COc1ccc([C@@H](C)Nc2nc(C(=O)O)c3sccc3n2)cc1. The van der Waals surface area contributed by atoms with E-state index in [9.17, 15) is 9.90 Å². The number of aromatic nitrogens is 2. The summed E-state index contributed by atoms with van der Waals surface area (Å²) in [6, 6.07) is 9.35. The maximum atomic E-state index is 11.4. The molecule has 0 aliphatic rings. The Kier molecular flexibility index (Phi) is 4.12. The highest BCUT2D eigenvalue weighted by Gasteiger charge is 2.16. The number of carbonyl (C=O) groups is 1. The fourth-order valence-corrected chi connectivity index (χ4v) is 3.05. The molecule has 118 valence electrons. The van der Waals surface area contributed by atoms with Gasteiger partial charge in [0.15, 0.2) is 5.69 Å². The molecular weight excluding hydrogens is 314 g/mol. The van der Waals surface area contributed by atoms with Gasteiger partial charge in [0.25, 0.3) is 0 Å². The summed E-state index contributed by atoms with van der Waals surface area (Å²) in [7, 11) is 1.62. The molecule has 1 atom stereocenters. The van der Waals surface area contributed by atoms with Crippen LogP contribution in [0.25, 0.3) is 10.2 Å². The van der Waals surface area contributed by atoms with Crippen molar-refractivity contribution in [3.63, 3.8) is 0 Å². The van der Waals surface area contributed by atoms with Gasteiger partial charge in [0.2, 0.25) is 5.95 Å². The normalized spacial score (nSPS) is 12.1. The van der Waals surface area contributed by atoms with Crippen molar-refractivity contribution in [2.75, 3.05) is 12.4 Å². The fourth-order valence-electron chi connectivity index (χ4n) is 2.24. The smallest absolute Gasteiger partial charge is 0.356 e. The predicted molar refractivity (Wildman–Crippen MR) is 89.4 cm³/mol. The van der Waals surface area contributed by atoms with Gasteiger partial charge >= 0.3 is 5.97 Å². The number of carboxylic acid groups (broad SMARTS) is 1. The van der Waals surface area contributed by atoms with Crippen LogP contribution in [0.2, 0.25) is 0 Å². The van der Waals surface area contributed by atoms with Crippen LogP contribution in [0, 0.1) is 0 Å². The highest BCUT2D eigenvalue weighted by molar-refractivity contribution is 7.17. The molecule has 0 aliphatic carbocycles. The summed E-state index contributed by atoms with van der Waals surface area (Å²) in [4.78, 5) is 19.9. The highest BCUT2D eigenvalue weighted by atomic mass is 32.1. The second kappa shape index (κ2) is 6.21.